The van der Waals surface area contributed by atoms with Crippen molar-refractivity contribution in [1.82, 2.24) is 0 Å². The molecular weight excluding hydrogens is 151 g/mol. The van der Waals surface area contributed by atoms with Crippen LogP contribution in [-0.2, 0) is 13.6 Å². The van der Waals surface area contributed by atoms with Gasteiger partial charge >= 0.3 is 8.25 Å². The van der Waals surface area contributed by atoms with Crippen LogP contribution in [0.15, 0.2) is 0 Å². The van der Waals surface area contributed by atoms with E-state index in [-0.39, 0.29) is 12.2 Å². The fraction of sp³-hybridized carbons (Fsp3) is 1.00. The van der Waals surface area contributed by atoms with Crippen LogP contribution in [-0.4, -0.2) is 12.2 Å². The molecule has 0 bridgehead atoms. The molecule has 4 heteroatoms. The van der Waals surface area contributed by atoms with Gasteiger partial charge < -0.3 is 0 Å². The lowest BCUT2D eigenvalue weighted by Crippen LogP contribution is -2.03. The summed E-state index contributed by atoms with van der Waals surface area (Å²) >= 11 is 0. The van der Waals surface area contributed by atoms with Gasteiger partial charge in [-0.1, -0.05) is 0 Å². The summed E-state index contributed by atoms with van der Waals surface area (Å²) in [5.41, 5.74) is 0. The summed E-state index contributed by atoms with van der Waals surface area (Å²) in [6, 6.07) is 0. The van der Waals surface area contributed by atoms with Crippen molar-refractivity contribution in [3.05, 3.63) is 0 Å². The van der Waals surface area contributed by atoms with Gasteiger partial charge in [0.05, 0.1) is 0 Å². The molecule has 1 aliphatic rings. The highest BCUT2D eigenvalue weighted by Crippen LogP contribution is 2.33. The minimum absolute atomic E-state index is 0.0774. The quantitative estimate of drug-likeness (QED) is 0.514. The summed E-state index contributed by atoms with van der Waals surface area (Å²) in [7, 11) is -1.85. The van der Waals surface area contributed by atoms with Crippen LogP contribution in [0, 0.1) is 0 Å². The summed E-state index contributed by atoms with van der Waals surface area (Å²) in [6.07, 6.45) is 2.02. The van der Waals surface area contributed by atoms with E-state index < -0.39 is 8.25 Å². The van der Waals surface area contributed by atoms with E-state index in [0.29, 0.717) is 0 Å². The molecule has 1 rings (SSSR count). The van der Waals surface area contributed by atoms with Crippen LogP contribution < -0.4 is 0 Å². The monoisotopic (exact) mass is 163 g/mol. The zero-order valence-electron chi connectivity index (χ0n) is 6.24. The van der Waals surface area contributed by atoms with Gasteiger partial charge in [0.1, 0.15) is 12.2 Å². The first kappa shape index (κ1) is 8.12. The maximum atomic E-state index is 10.8. The first-order chi connectivity index (χ1) is 4.68. The lowest BCUT2D eigenvalue weighted by molar-refractivity contribution is 0.187. The maximum Gasteiger partial charge on any atom is 0.697 e. The highest BCUT2D eigenvalue weighted by molar-refractivity contribution is 7.33. The summed E-state index contributed by atoms with van der Waals surface area (Å²) in [4.78, 5) is 0. The third kappa shape index (κ3) is 2.33. The third-order valence-electron chi connectivity index (χ3n) is 1.51. The molecule has 58 valence electrons. The molecule has 0 aromatic heterocycles. The number of hydrogen-bond acceptors (Lipinski definition) is 3. The standard InChI is InChI=1S/C6H12O3P/c1-5-3-4-6(2)9-10(7)8-5/h5-6H,3-4H2,1-2H3/q+1. The van der Waals surface area contributed by atoms with Gasteiger partial charge in [-0.25, -0.2) is 0 Å². The van der Waals surface area contributed by atoms with Crippen LogP contribution in [0.1, 0.15) is 26.7 Å². The third-order valence-corrected chi connectivity index (χ3v) is 2.58. The Hall–Kier alpha value is 0.0200. The Bertz CT molecular complexity index is 123. The second-order valence-electron chi connectivity index (χ2n) is 2.63. The second kappa shape index (κ2) is 3.42. The molecule has 2 atom stereocenters. The Morgan fingerprint density at radius 2 is 1.60 bits per heavy atom. The molecule has 0 radical (unpaired) electrons. The second-order valence-corrected chi connectivity index (χ2v) is 3.50. The van der Waals surface area contributed by atoms with Crippen molar-refractivity contribution in [3.63, 3.8) is 0 Å². The molecule has 1 fully saturated rings. The van der Waals surface area contributed by atoms with Crippen molar-refractivity contribution in [3.8, 4) is 0 Å². The highest BCUT2D eigenvalue weighted by atomic mass is 31.1. The van der Waals surface area contributed by atoms with Crippen molar-refractivity contribution >= 4 is 8.25 Å². The van der Waals surface area contributed by atoms with Gasteiger partial charge in [0.2, 0.25) is 0 Å². The Morgan fingerprint density at radius 1 is 1.20 bits per heavy atom. The lowest BCUT2D eigenvalue weighted by atomic mass is 10.1. The smallest absolute Gasteiger partial charge is 0.116 e. The number of rotatable bonds is 0. The predicted molar refractivity (Wildman–Crippen MR) is 37.9 cm³/mol. The van der Waals surface area contributed by atoms with E-state index in [2.05, 4.69) is 0 Å². The van der Waals surface area contributed by atoms with E-state index in [1.165, 1.54) is 0 Å². The normalized spacial score (nSPS) is 39.2. The molecule has 0 aromatic rings. The lowest BCUT2D eigenvalue weighted by Gasteiger charge is -1.98. The molecule has 2 unspecified atom stereocenters. The molecule has 1 heterocycles. The molecule has 0 N–H and O–H groups in total. The van der Waals surface area contributed by atoms with Crippen molar-refractivity contribution in [1.29, 1.82) is 0 Å². The predicted octanol–water partition coefficient (Wildman–Crippen LogP) is 2.25. The molecule has 10 heavy (non-hydrogen) atoms. The van der Waals surface area contributed by atoms with E-state index in [0.717, 1.165) is 12.8 Å². The van der Waals surface area contributed by atoms with Gasteiger partial charge in [-0.05, 0) is 26.7 Å². The van der Waals surface area contributed by atoms with Crippen LogP contribution >= 0.6 is 8.25 Å². The van der Waals surface area contributed by atoms with Crippen molar-refractivity contribution in [2.45, 2.75) is 38.9 Å². The summed E-state index contributed by atoms with van der Waals surface area (Å²) < 4.78 is 20.7. The average Bonchev–Trinajstić information content (AvgIpc) is 1.93. The van der Waals surface area contributed by atoms with Crippen molar-refractivity contribution in [2.75, 3.05) is 0 Å². The molecule has 0 aromatic carbocycles. The van der Waals surface area contributed by atoms with Gasteiger partial charge in [-0.15, -0.1) is 9.05 Å². The molecule has 1 saturated heterocycles. The average molecular weight is 163 g/mol. The summed E-state index contributed by atoms with van der Waals surface area (Å²) in [5, 5.41) is 0. The Kier molecular flexibility index (Phi) is 2.78. The van der Waals surface area contributed by atoms with E-state index in [1.807, 2.05) is 13.8 Å². The van der Waals surface area contributed by atoms with Crippen LogP contribution in [0.5, 0.6) is 0 Å². The van der Waals surface area contributed by atoms with Crippen LogP contribution in [0.25, 0.3) is 0 Å². The van der Waals surface area contributed by atoms with E-state index in [9.17, 15) is 4.57 Å². The van der Waals surface area contributed by atoms with Crippen LogP contribution in [0.4, 0.5) is 0 Å². The van der Waals surface area contributed by atoms with Gasteiger partial charge in [-0.3, -0.25) is 0 Å². The fourth-order valence-electron chi connectivity index (χ4n) is 0.894. The molecule has 0 aliphatic carbocycles. The van der Waals surface area contributed by atoms with Gasteiger partial charge in [0.25, 0.3) is 0 Å². The first-order valence-corrected chi connectivity index (χ1v) is 4.59. The molecular formula is C6H12O3P+. The molecule has 3 nitrogen and oxygen atoms in total. The topological polar surface area (TPSA) is 35.5 Å². The van der Waals surface area contributed by atoms with Crippen molar-refractivity contribution < 1.29 is 13.6 Å². The molecule has 0 spiro atoms. The maximum absolute atomic E-state index is 10.8. The minimum Gasteiger partial charge on any atom is -0.116 e. The SMILES string of the molecule is CC1CCC(C)O[P+](=O)O1. The van der Waals surface area contributed by atoms with E-state index in [4.69, 9.17) is 9.05 Å². The summed E-state index contributed by atoms with van der Waals surface area (Å²) in [5.74, 6) is 0. The first-order valence-electron chi connectivity index (χ1n) is 3.49. The minimum atomic E-state index is -1.85. The largest absolute Gasteiger partial charge is 0.697 e. The molecule has 0 saturated carbocycles. The zero-order valence-corrected chi connectivity index (χ0v) is 7.14. The van der Waals surface area contributed by atoms with Crippen molar-refractivity contribution in [2.24, 2.45) is 0 Å². The van der Waals surface area contributed by atoms with Gasteiger partial charge in [0.15, 0.2) is 0 Å². The zero-order chi connectivity index (χ0) is 7.56. The fourth-order valence-corrected chi connectivity index (χ4v) is 1.74. The summed E-state index contributed by atoms with van der Waals surface area (Å²) in [6.45, 7) is 3.82. The number of hydrogen-bond donors (Lipinski definition) is 0. The van der Waals surface area contributed by atoms with Gasteiger partial charge in [-0.2, -0.15) is 0 Å². The Morgan fingerprint density at radius 3 is 2.00 bits per heavy atom. The molecule has 0 amide bonds. The van der Waals surface area contributed by atoms with Gasteiger partial charge in [0, 0.05) is 4.57 Å². The highest BCUT2D eigenvalue weighted by Gasteiger charge is 2.31. The van der Waals surface area contributed by atoms with Crippen LogP contribution in [0.2, 0.25) is 0 Å². The van der Waals surface area contributed by atoms with E-state index >= 15 is 0 Å². The Balaban J connectivity index is 2.46. The molecule has 1 aliphatic heterocycles. The van der Waals surface area contributed by atoms with E-state index in [1.54, 1.807) is 0 Å². The van der Waals surface area contributed by atoms with Crippen LogP contribution in [0.3, 0.4) is 0 Å². The Labute approximate surface area is 61.7 Å².